The second-order valence-corrected chi connectivity index (χ2v) is 8.31. The summed E-state index contributed by atoms with van der Waals surface area (Å²) in [5.74, 6) is -7.03. The molecule has 0 spiro atoms. The average molecular weight is 514 g/mol. The van der Waals surface area contributed by atoms with E-state index in [0.29, 0.717) is 6.07 Å². The van der Waals surface area contributed by atoms with Gasteiger partial charge in [-0.1, -0.05) is 0 Å². The number of benzene rings is 2. The van der Waals surface area contributed by atoms with E-state index in [9.17, 15) is 22.1 Å². The fourth-order valence-electron chi connectivity index (χ4n) is 3.06. The average Bonchev–Trinajstić information content (AvgIpc) is 2.86. The van der Waals surface area contributed by atoms with Crippen molar-refractivity contribution in [2.75, 3.05) is 10.5 Å². The fourth-order valence-corrected chi connectivity index (χ4v) is 4.06. The molecule has 36 heavy (non-hydrogen) atoms. The Balaban J connectivity index is 1.58. The highest BCUT2D eigenvalue weighted by Crippen LogP contribution is 2.35. The standard InChI is InChI=1S/C23H14F4N6O2S/c24-15-8-12(10-28)3-4-13(15)11-36(34)33-21-16(25)9-18(19(26)20(21)27)35-22-14(2-1-6-30-22)17-5-7-31-23(29)32-17/h1-9,33H,11H2,(H2,29,31,32). The molecule has 0 aliphatic rings. The third-order valence-electron chi connectivity index (χ3n) is 4.74. The van der Waals surface area contributed by atoms with Crippen LogP contribution in [0.4, 0.5) is 29.2 Å². The van der Waals surface area contributed by atoms with Gasteiger partial charge < -0.3 is 15.0 Å². The first kappa shape index (κ1) is 24.7. The molecule has 13 heteroatoms. The van der Waals surface area contributed by atoms with Crippen molar-refractivity contribution in [1.82, 2.24) is 15.0 Å². The van der Waals surface area contributed by atoms with Crippen molar-refractivity contribution in [2.24, 2.45) is 0 Å². The van der Waals surface area contributed by atoms with Gasteiger partial charge in [0.25, 0.3) is 0 Å². The molecule has 4 aromatic rings. The first-order valence-electron chi connectivity index (χ1n) is 9.99. The molecule has 8 nitrogen and oxygen atoms in total. The number of nitriles is 1. The van der Waals surface area contributed by atoms with Gasteiger partial charge in [-0.05, 0) is 36.4 Å². The topological polar surface area (TPSA) is 133 Å². The van der Waals surface area contributed by atoms with Gasteiger partial charge in [-0.15, -0.1) is 0 Å². The molecule has 4 rings (SSSR count). The summed E-state index contributed by atoms with van der Waals surface area (Å²) in [6.45, 7) is 0. The smallest absolute Gasteiger partial charge is 0.228 e. The monoisotopic (exact) mass is 514 g/mol. The van der Waals surface area contributed by atoms with Crippen molar-refractivity contribution in [3.05, 3.63) is 89.3 Å². The molecular weight excluding hydrogens is 500 g/mol. The van der Waals surface area contributed by atoms with Crippen LogP contribution in [0.15, 0.2) is 54.9 Å². The number of ether oxygens (including phenoxy) is 1. The molecule has 0 saturated heterocycles. The molecule has 0 aliphatic heterocycles. The molecule has 2 aromatic heterocycles. The molecule has 0 radical (unpaired) electrons. The van der Waals surface area contributed by atoms with Crippen LogP contribution in [0.1, 0.15) is 11.1 Å². The Morgan fingerprint density at radius 1 is 1.03 bits per heavy atom. The molecule has 3 N–H and O–H groups in total. The summed E-state index contributed by atoms with van der Waals surface area (Å²) in [7, 11) is 0. The lowest BCUT2D eigenvalue weighted by atomic mass is 10.1. The molecule has 0 fully saturated rings. The summed E-state index contributed by atoms with van der Waals surface area (Å²) in [5.41, 5.74) is 5.04. The highest BCUT2D eigenvalue weighted by Gasteiger charge is 2.25. The minimum atomic E-state index is -2.24. The maximum absolute atomic E-state index is 14.8. The van der Waals surface area contributed by atoms with Crippen molar-refractivity contribution in [3.8, 4) is 29.0 Å². The number of nitrogen functional groups attached to an aromatic ring is 1. The van der Waals surface area contributed by atoms with Crippen molar-refractivity contribution in [1.29, 1.82) is 5.26 Å². The van der Waals surface area contributed by atoms with Gasteiger partial charge in [0.2, 0.25) is 17.6 Å². The van der Waals surface area contributed by atoms with Crippen LogP contribution < -0.4 is 15.2 Å². The van der Waals surface area contributed by atoms with Gasteiger partial charge in [0.05, 0.1) is 34.3 Å². The number of anilines is 2. The Hall–Kier alpha value is -4.41. The number of halogens is 4. The summed E-state index contributed by atoms with van der Waals surface area (Å²) in [5, 5.41) is 8.78. The number of rotatable bonds is 7. The van der Waals surface area contributed by atoms with Crippen LogP contribution in [0.2, 0.25) is 0 Å². The Bertz CT molecular complexity index is 1480. The van der Waals surface area contributed by atoms with Crippen molar-refractivity contribution in [2.45, 2.75) is 5.75 Å². The van der Waals surface area contributed by atoms with Gasteiger partial charge in [0.15, 0.2) is 28.8 Å². The van der Waals surface area contributed by atoms with E-state index in [1.165, 1.54) is 42.7 Å². The van der Waals surface area contributed by atoms with Crippen molar-refractivity contribution < 1.29 is 26.9 Å². The zero-order valence-electron chi connectivity index (χ0n) is 18.0. The van der Waals surface area contributed by atoms with E-state index >= 15 is 0 Å². The second-order valence-electron chi connectivity index (χ2n) is 7.13. The summed E-state index contributed by atoms with van der Waals surface area (Å²) >= 11 is -2.24. The quantitative estimate of drug-likeness (QED) is 0.207. The van der Waals surface area contributed by atoms with Crippen LogP contribution in [-0.2, 0) is 17.1 Å². The van der Waals surface area contributed by atoms with Gasteiger partial charge in [-0.3, -0.25) is 0 Å². The number of nitrogens with zero attached hydrogens (tertiary/aromatic N) is 4. The first-order valence-corrected chi connectivity index (χ1v) is 11.3. The van der Waals surface area contributed by atoms with E-state index in [1.54, 1.807) is 6.07 Å². The van der Waals surface area contributed by atoms with E-state index in [-0.39, 0.29) is 34.2 Å². The summed E-state index contributed by atoms with van der Waals surface area (Å²) in [6.07, 6.45) is 2.69. The van der Waals surface area contributed by atoms with Crippen LogP contribution in [0, 0.1) is 34.6 Å². The lowest BCUT2D eigenvalue weighted by Crippen LogP contribution is -2.18. The fraction of sp³-hybridized carbons (Fsp3) is 0.0435. The van der Waals surface area contributed by atoms with E-state index < -0.39 is 51.8 Å². The predicted octanol–water partition coefficient (Wildman–Crippen LogP) is 4.62. The zero-order chi connectivity index (χ0) is 25.8. The van der Waals surface area contributed by atoms with Crippen LogP contribution in [0.25, 0.3) is 11.3 Å². The maximum Gasteiger partial charge on any atom is 0.228 e. The molecule has 1 atom stereocenters. The molecular formula is C23H14F4N6O2S. The van der Waals surface area contributed by atoms with Crippen molar-refractivity contribution >= 4 is 23.0 Å². The maximum atomic E-state index is 14.8. The third kappa shape index (κ3) is 5.29. The molecule has 0 aliphatic carbocycles. The summed E-state index contributed by atoms with van der Waals surface area (Å²) in [4.78, 5) is 11.8. The Morgan fingerprint density at radius 3 is 2.56 bits per heavy atom. The van der Waals surface area contributed by atoms with E-state index in [2.05, 4.69) is 15.0 Å². The number of pyridine rings is 1. The van der Waals surface area contributed by atoms with Gasteiger partial charge in [0.1, 0.15) is 5.82 Å². The summed E-state index contributed by atoms with van der Waals surface area (Å²) in [6, 6.07) is 10.3. The van der Waals surface area contributed by atoms with Crippen molar-refractivity contribution in [3.63, 3.8) is 0 Å². The van der Waals surface area contributed by atoms with Gasteiger partial charge in [-0.2, -0.15) is 9.65 Å². The Labute approximate surface area is 204 Å². The molecule has 1 unspecified atom stereocenters. The molecule has 0 saturated carbocycles. The normalized spacial score (nSPS) is 11.6. The minimum Gasteiger partial charge on any atom is -0.593 e. The predicted molar refractivity (Wildman–Crippen MR) is 123 cm³/mol. The number of aromatic nitrogens is 3. The number of nitrogens with two attached hydrogens (primary N) is 1. The van der Waals surface area contributed by atoms with Crippen LogP contribution in [-0.4, -0.2) is 19.5 Å². The number of nitrogens with one attached hydrogen (secondary N) is 1. The van der Waals surface area contributed by atoms with Crippen LogP contribution in [0.5, 0.6) is 11.6 Å². The van der Waals surface area contributed by atoms with E-state index in [4.69, 9.17) is 15.7 Å². The third-order valence-corrected chi connectivity index (χ3v) is 5.74. The second kappa shape index (κ2) is 10.5. The van der Waals surface area contributed by atoms with Crippen LogP contribution >= 0.6 is 0 Å². The highest BCUT2D eigenvalue weighted by atomic mass is 32.2. The Morgan fingerprint density at radius 2 is 1.83 bits per heavy atom. The summed E-state index contributed by atoms with van der Waals surface area (Å²) < 4.78 is 77.9. The highest BCUT2D eigenvalue weighted by molar-refractivity contribution is 7.91. The molecule has 182 valence electrons. The molecule has 0 amide bonds. The lowest BCUT2D eigenvalue weighted by Gasteiger charge is -2.16. The molecule has 2 aromatic carbocycles. The number of hydrogen-bond donors (Lipinski definition) is 2. The van der Waals surface area contributed by atoms with E-state index in [1.807, 2.05) is 4.72 Å². The van der Waals surface area contributed by atoms with E-state index in [0.717, 1.165) is 6.07 Å². The largest absolute Gasteiger partial charge is 0.593 e. The number of hydrogen-bond acceptors (Lipinski definition) is 8. The van der Waals surface area contributed by atoms with Gasteiger partial charge in [-0.25, -0.2) is 32.8 Å². The first-order chi connectivity index (χ1) is 17.3. The zero-order valence-corrected chi connectivity index (χ0v) is 18.8. The van der Waals surface area contributed by atoms with Crippen LogP contribution in [0.3, 0.4) is 0 Å². The minimum absolute atomic E-state index is 0.0454. The van der Waals surface area contributed by atoms with Gasteiger partial charge >= 0.3 is 0 Å². The SMILES string of the molecule is N#Cc1ccc(C[S+]([O-])Nc2c(F)cc(Oc3ncccc3-c3ccnc(N)n3)c(F)c2F)c(F)c1. The van der Waals surface area contributed by atoms with Gasteiger partial charge in [0, 0.05) is 24.0 Å². The lowest BCUT2D eigenvalue weighted by molar-refractivity contribution is 0.401. The Kier molecular flexibility index (Phi) is 7.18. The molecule has 2 heterocycles. The molecule has 0 bridgehead atoms.